The Labute approximate surface area is 197 Å². The summed E-state index contributed by atoms with van der Waals surface area (Å²) in [5.74, 6) is 0.946. The standard InChI is InChI=1S/C12H16O5.C12H12O5/c2*1-15-11(13)7-5-9-3-4-10(17-9)6-8-12(14)16-2/h3-4H,5-8H2,1-2H3;3-8H,1-2H3/b;7-5+,8-6+. The number of aryl methyl sites for hydroxylation is 2. The third-order valence-corrected chi connectivity index (χ3v) is 4.14. The van der Waals surface area contributed by atoms with Gasteiger partial charge in [0.05, 0.1) is 41.3 Å². The van der Waals surface area contributed by atoms with Gasteiger partial charge in [0, 0.05) is 25.0 Å². The molecule has 34 heavy (non-hydrogen) atoms. The topological polar surface area (TPSA) is 131 Å². The lowest BCUT2D eigenvalue weighted by Gasteiger charge is -1.98. The molecular formula is C24H28O10. The summed E-state index contributed by atoms with van der Waals surface area (Å²) in [5, 5.41) is 0. The van der Waals surface area contributed by atoms with Crippen molar-refractivity contribution in [1.29, 1.82) is 0 Å². The fourth-order valence-corrected chi connectivity index (χ4v) is 2.33. The van der Waals surface area contributed by atoms with Gasteiger partial charge in [-0.1, -0.05) is 0 Å². The predicted octanol–water partition coefficient (Wildman–Crippen LogP) is 3.14. The van der Waals surface area contributed by atoms with Crippen molar-refractivity contribution in [3.8, 4) is 0 Å². The van der Waals surface area contributed by atoms with Gasteiger partial charge in [-0.15, -0.1) is 0 Å². The van der Waals surface area contributed by atoms with Crippen LogP contribution in [0.3, 0.4) is 0 Å². The highest BCUT2D eigenvalue weighted by molar-refractivity contribution is 5.87. The van der Waals surface area contributed by atoms with Gasteiger partial charge in [-0.05, 0) is 36.4 Å². The first kappa shape index (κ1) is 28.0. The zero-order valence-electron chi connectivity index (χ0n) is 19.5. The molecule has 2 aromatic rings. The molecule has 0 fully saturated rings. The van der Waals surface area contributed by atoms with Gasteiger partial charge in [0.25, 0.3) is 0 Å². The summed E-state index contributed by atoms with van der Waals surface area (Å²) in [5.41, 5.74) is 0. The van der Waals surface area contributed by atoms with Crippen LogP contribution in [0.4, 0.5) is 0 Å². The number of carbonyl (C=O) groups excluding carboxylic acids is 4. The van der Waals surface area contributed by atoms with Crippen LogP contribution in [-0.2, 0) is 51.0 Å². The maximum absolute atomic E-state index is 10.9. The van der Waals surface area contributed by atoms with E-state index in [4.69, 9.17) is 8.83 Å². The second-order valence-electron chi connectivity index (χ2n) is 6.47. The zero-order chi connectivity index (χ0) is 25.3. The molecule has 0 aliphatic rings. The maximum atomic E-state index is 10.9. The van der Waals surface area contributed by atoms with E-state index >= 15 is 0 Å². The van der Waals surface area contributed by atoms with Crippen LogP contribution in [0.2, 0.25) is 0 Å². The molecule has 10 nitrogen and oxygen atoms in total. The molecule has 0 aromatic carbocycles. The SMILES string of the molecule is COC(=O)/C=C/c1ccc(/C=C/C(=O)OC)o1.COC(=O)CCc1ccc(CCC(=O)OC)o1. The Kier molecular flexibility index (Phi) is 12.9. The van der Waals surface area contributed by atoms with E-state index in [1.807, 2.05) is 0 Å². The molecule has 0 radical (unpaired) electrons. The van der Waals surface area contributed by atoms with Gasteiger partial charge in [-0.3, -0.25) is 9.59 Å². The van der Waals surface area contributed by atoms with Crippen molar-refractivity contribution in [3.05, 3.63) is 59.5 Å². The second-order valence-corrected chi connectivity index (χ2v) is 6.47. The summed E-state index contributed by atoms with van der Waals surface area (Å²) < 4.78 is 28.7. The molecule has 0 aliphatic heterocycles. The van der Waals surface area contributed by atoms with E-state index in [0.717, 1.165) is 11.5 Å². The third-order valence-electron chi connectivity index (χ3n) is 4.14. The van der Waals surface area contributed by atoms with Gasteiger partial charge < -0.3 is 27.8 Å². The lowest BCUT2D eigenvalue weighted by Crippen LogP contribution is -2.01. The van der Waals surface area contributed by atoms with Crippen molar-refractivity contribution < 1.29 is 47.0 Å². The van der Waals surface area contributed by atoms with Crippen molar-refractivity contribution in [2.45, 2.75) is 25.7 Å². The van der Waals surface area contributed by atoms with Crippen LogP contribution in [-0.4, -0.2) is 52.3 Å². The van der Waals surface area contributed by atoms with Gasteiger partial charge in [0.2, 0.25) is 0 Å². The van der Waals surface area contributed by atoms with Crippen molar-refractivity contribution in [2.75, 3.05) is 28.4 Å². The van der Waals surface area contributed by atoms with Gasteiger partial charge >= 0.3 is 23.9 Å². The van der Waals surface area contributed by atoms with E-state index in [1.165, 1.54) is 52.7 Å². The number of hydrogen-bond acceptors (Lipinski definition) is 10. The van der Waals surface area contributed by atoms with Crippen LogP contribution in [0.15, 0.2) is 45.3 Å². The second kappa shape index (κ2) is 15.7. The molecule has 0 saturated heterocycles. The maximum Gasteiger partial charge on any atom is 0.330 e. The number of rotatable bonds is 10. The fourth-order valence-electron chi connectivity index (χ4n) is 2.33. The minimum absolute atomic E-state index is 0.266. The van der Waals surface area contributed by atoms with Crippen LogP contribution in [0, 0.1) is 0 Å². The fraction of sp³-hybridized carbons (Fsp3) is 0.333. The number of methoxy groups -OCH3 is 4. The molecule has 2 aromatic heterocycles. The molecule has 0 atom stereocenters. The third kappa shape index (κ3) is 11.5. The van der Waals surface area contributed by atoms with Gasteiger partial charge in [-0.2, -0.15) is 0 Å². The first-order valence-electron chi connectivity index (χ1n) is 10.1. The molecule has 2 rings (SSSR count). The van der Waals surface area contributed by atoms with Crippen LogP contribution in [0.5, 0.6) is 0 Å². The van der Waals surface area contributed by atoms with E-state index in [-0.39, 0.29) is 11.9 Å². The summed E-state index contributed by atoms with van der Waals surface area (Å²) in [4.78, 5) is 43.5. The molecule has 0 saturated carbocycles. The Morgan fingerprint density at radius 2 is 1.06 bits per heavy atom. The van der Waals surface area contributed by atoms with E-state index in [1.54, 1.807) is 24.3 Å². The zero-order valence-corrected chi connectivity index (χ0v) is 19.5. The molecule has 0 aliphatic carbocycles. The van der Waals surface area contributed by atoms with Crippen LogP contribution in [0.25, 0.3) is 12.2 Å². The molecule has 2 heterocycles. The summed E-state index contributed by atoms with van der Waals surface area (Å²) in [6, 6.07) is 6.93. The normalized spacial score (nSPS) is 10.5. The highest BCUT2D eigenvalue weighted by Crippen LogP contribution is 2.13. The van der Waals surface area contributed by atoms with Crippen molar-refractivity contribution in [1.82, 2.24) is 0 Å². The molecule has 0 spiro atoms. The molecule has 184 valence electrons. The highest BCUT2D eigenvalue weighted by Gasteiger charge is 2.08. The number of carbonyl (C=O) groups is 4. The molecule has 10 heteroatoms. The van der Waals surface area contributed by atoms with Crippen LogP contribution in [0.1, 0.15) is 35.9 Å². The Hall–Kier alpha value is -4.08. The van der Waals surface area contributed by atoms with E-state index in [2.05, 4.69) is 18.9 Å². The minimum Gasteiger partial charge on any atom is -0.469 e. The smallest absolute Gasteiger partial charge is 0.330 e. The van der Waals surface area contributed by atoms with E-state index in [0.29, 0.717) is 37.2 Å². The summed E-state index contributed by atoms with van der Waals surface area (Å²) in [6.07, 6.45) is 7.03. The monoisotopic (exact) mass is 476 g/mol. The average molecular weight is 476 g/mol. The van der Waals surface area contributed by atoms with E-state index in [9.17, 15) is 19.2 Å². The first-order chi connectivity index (χ1) is 16.3. The van der Waals surface area contributed by atoms with Crippen LogP contribution < -0.4 is 0 Å². The van der Waals surface area contributed by atoms with Crippen LogP contribution >= 0.6 is 0 Å². The number of ether oxygens (including phenoxy) is 4. The van der Waals surface area contributed by atoms with Crippen molar-refractivity contribution >= 4 is 36.0 Å². The predicted molar refractivity (Wildman–Crippen MR) is 120 cm³/mol. The summed E-state index contributed by atoms with van der Waals surface area (Å²) in [7, 11) is 5.29. The Balaban J connectivity index is 0.000000340. The lowest BCUT2D eigenvalue weighted by atomic mass is 10.2. The Morgan fingerprint density at radius 3 is 1.41 bits per heavy atom. The Morgan fingerprint density at radius 1 is 0.647 bits per heavy atom. The molecule has 0 amide bonds. The largest absolute Gasteiger partial charge is 0.469 e. The number of esters is 4. The minimum atomic E-state index is -0.465. The van der Waals surface area contributed by atoms with Crippen molar-refractivity contribution in [2.24, 2.45) is 0 Å². The summed E-state index contributed by atoms with van der Waals surface area (Å²) in [6.45, 7) is 0. The van der Waals surface area contributed by atoms with Gasteiger partial charge in [-0.25, -0.2) is 9.59 Å². The molecule has 0 N–H and O–H groups in total. The quantitative estimate of drug-likeness (QED) is 0.286. The molecule has 0 bridgehead atoms. The lowest BCUT2D eigenvalue weighted by molar-refractivity contribution is -0.141. The number of hydrogen-bond donors (Lipinski definition) is 0. The van der Waals surface area contributed by atoms with Crippen molar-refractivity contribution in [3.63, 3.8) is 0 Å². The molecular weight excluding hydrogens is 448 g/mol. The average Bonchev–Trinajstić information content (AvgIpc) is 3.52. The van der Waals surface area contributed by atoms with Gasteiger partial charge in [0.1, 0.15) is 23.0 Å². The first-order valence-corrected chi connectivity index (χ1v) is 10.1. The number of furan rings is 2. The van der Waals surface area contributed by atoms with E-state index < -0.39 is 11.9 Å². The Bertz CT molecular complexity index is 918. The van der Waals surface area contributed by atoms with Gasteiger partial charge in [0.15, 0.2) is 0 Å². The molecule has 0 unspecified atom stereocenters. The summed E-state index contributed by atoms with van der Waals surface area (Å²) >= 11 is 0. The highest BCUT2D eigenvalue weighted by atomic mass is 16.5.